The highest BCUT2D eigenvalue weighted by Crippen LogP contribution is 2.35. The van der Waals surface area contributed by atoms with Crippen molar-refractivity contribution in [2.24, 2.45) is 0 Å². The number of carbonyl (C=O) groups excluding carboxylic acids is 1. The van der Waals surface area contributed by atoms with Gasteiger partial charge in [-0.05, 0) is 38.8 Å². The van der Waals surface area contributed by atoms with Crippen LogP contribution in [0.5, 0.6) is 0 Å². The smallest absolute Gasteiger partial charge is 0.136 e. The van der Waals surface area contributed by atoms with Crippen molar-refractivity contribution >= 4 is 5.78 Å². The number of Topliss-reactive ketones (excluding diaryl/α,β-unsaturated/α-hetero) is 1. The molecule has 3 aliphatic rings. The zero-order valence-electron chi connectivity index (χ0n) is 10.9. The van der Waals surface area contributed by atoms with Crippen LogP contribution in [-0.4, -0.2) is 53.3 Å². The van der Waals surface area contributed by atoms with Crippen molar-refractivity contribution in [2.75, 3.05) is 19.6 Å². The zero-order valence-corrected chi connectivity index (χ0v) is 10.9. The van der Waals surface area contributed by atoms with Gasteiger partial charge in [0.25, 0.3) is 0 Å². The molecule has 0 saturated carbocycles. The summed E-state index contributed by atoms with van der Waals surface area (Å²) in [6, 6.07) is 1.93. The molecule has 0 aromatic carbocycles. The number of carbonyl (C=O) groups is 1. The normalized spacial score (nSPS) is 39.1. The van der Waals surface area contributed by atoms with Crippen LogP contribution in [0.1, 0.15) is 45.4 Å². The van der Waals surface area contributed by atoms with E-state index >= 15 is 0 Å². The fraction of sp³-hybridized carbons (Fsp3) is 0.929. The monoisotopic (exact) mass is 236 g/mol. The number of nitrogens with zero attached hydrogens (tertiary/aromatic N) is 2. The van der Waals surface area contributed by atoms with E-state index in [0.29, 0.717) is 17.9 Å². The number of hydrogen-bond acceptors (Lipinski definition) is 3. The van der Waals surface area contributed by atoms with Crippen LogP contribution in [-0.2, 0) is 4.79 Å². The first-order valence-corrected chi connectivity index (χ1v) is 7.29. The third-order valence-electron chi connectivity index (χ3n) is 5.02. The molecular formula is C14H24N2O. The summed E-state index contributed by atoms with van der Waals surface area (Å²) in [5.74, 6) is 0.507. The summed E-state index contributed by atoms with van der Waals surface area (Å²) in [4.78, 5) is 16.9. The van der Waals surface area contributed by atoms with E-state index in [1.54, 1.807) is 0 Å². The number of ketones is 1. The molecule has 0 radical (unpaired) electrons. The van der Waals surface area contributed by atoms with Crippen LogP contribution in [0.2, 0.25) is 0 Å². The van der Waals surface area contributed by atoms with E-state index in [9.17, 15) is 4.79 Å². The minimum atomic E-state index is 0.507. The zero-order chi connectivity index (χ0) is 11.8. The van der Waals surface area contributed by atoms with Gasteiger partial charge >= 0.3 is 0 Å². The highest BCUT2D eigenvalue weighted by molar-refractivity contribution is 5.80. The van der Waals surface area contributed by atoms with Crippen LogP contribution in [0.3, 0.4) is 0 Å². The number of hydrogen-bond donors (Lipinski definition) is 0. The third kappa shape index (κ3) is 2.15. The van der Waals surface area contributed by atoms with Crippen LogP contribution in [0.25, 0.3) is 0 Å². The van der Waals surface area contributed by atoms with Crippen LogP contribution in [0.4, 0.5) is 0 Å². The van der Waals surface area contributed by atoms with Gasteiger partial charge < -0.3 is 0 Å². The number of fused-ring (bicyclic) bond motifs is 2. The first-order valence-electron chi connectivity index (χ1n) is 7.29. The molecule has 17 heavy (non-hydrogen) atoms. The van der Waals surface area contributed by atoms with Crippen LogP contribution < -0.4 is 0 Å². The van der Waals surface area contributed by atoms with Crippen LogP contribution >= 0.6 is 0 Å². The maximum absolute atomic E-state index is 11.6. The molecule has 0 aliphatic carbocycles. The van der Waals surface area contributed by atoms with Gasteiger partial charge in [-0.15, -0.1) is 0 Å². The highest BCUT2D eigenvalue weighted by Gasteiger charge is 2.41. The maximum Gasteiger partial charge on any atom is 0.136 e. The SMILES string of the molecule is CCN1CCCC1CN1C2CCC1CC(=O)C2. The molecule has 3 saturated heterocycles. The van der Waals surface area contributed by atoms with E-state index in [-0.39, 0.29) is 0 Å². The lowest BCUT2D eigenvalue weighted by molar-refractivity contribution is -0.123. The van der Waals surface area contributed by atoms with E-state index in [1.165, 1.54) is 45.3 Å². The molecule has 96 valence electrons. The highest BCUT2D eigenvalue weighted by atomic mass is 16.1. The van der Waals surface area contributed by atoms with Crippen molar-refractivity contribution in [1.29, 1.82) is 0 Å². The van der Waals surface area contributed by atoms with Crippen molar-refractivity contribution in [3.8, 4) is 0 Å². The largest absolute Gasteiger partial charge is 0.300 e. The van der Waals surface area contributed by atoms with Gasteiger partial charge in [-0.3, -0.25) is 14.6 Å². The second kappa shape index (κ2) is 4.69. The molecule has 3 heterocycles. The number of likely N-dealkylation sites (N-methyl/N-ethyl adjacent to an activating group) is 1. The number of piperidine rings is 1. The van der Waals surface area contributed by atoms with Crippen LogP contribution in [0.15, 0.2) is 0 Å². The lowest BCUT2D eigenvalue weighted by Gasteiger charge is -2.37. The Balaban J connectivity index is 1.64. The molecule has 0 amide bonds. The lowest BCUT2D eigenvalue weighted by Crippen LogP contribution is -2.49. The Bertz CT molecular complexity index is 289. The molecule has 0 spiro atoms. The Kier molecular flexibility index (Phi) is 3.22. The Labute approximate surface area is 104 Å². The molecule has 3 heteroatoms. The van der Waals surface area contributed by atoms with E-state index in [4.69, 9.17) is 0 Å². The molecular weight excluding hydrogens is 212 g/mol. The molecule has 3 fully saturated rings. The third-order valence-corrected chi connectivity index (χ3v) is 5.02. The van der Waals surface area contributed by atoms with Crippen LogP contribution in [0, 0.1) is 0 Å². The van der Waals surface area contributed by atoms with Gasteiger partial charge in [0.05, 0.1) is 0 Å². The van der Waals surface area contributed by atoms with Crippen molar-refractivity contribution in [3.63, 3.8) is 0 Å². The summed E-state index contributed by atoms with van der Waals surface area (Å²) < 4.78 is 0. The Morgan fingerprint density at radius 2 is 1.88 bits per heavy atom. The quantitative estimate of drug-likeness (QED) is 0.744. The standard InChI is InChI=1S/C14H24N2O/c1-2-15-7-3-4-13(15)10-16-11-5-6-12(16)9-14(17)8-11/h11-13H,2-10H2,1H3. The van der Waals surface area contributed by atoms with Gasteiger partial charge in [-0.1, -0.05) is 6.92 Å². The van der Waals surface area contributed by atoms with Gasteiger partial charge in [0.2, 0.25) is 0 Å². The first kappa shape index (κ1) is 11.7. The Morgan fingerprint density at radius 3 is 2.53 bits per heavy atom. The molecule has 0 aromatic rings. The lowest BCUT2D eigenvalue weighted by atomic mass is 10.0. The van der Waals surface area contributed by atoms with Crippen molar-refractivity contribution < 1.29 is 4.79 Å². The summed E-state index contributed by atoms with van der Waals surface area (Å²) in [6.45, 7) is 5.96. The summed E-state index contributed by atoms with van der Waals surface area (Å²) >= 11 is 0. The van der Waals surface area contributed by atoms with Gasteiger partial charge in [-0.25, -0.2) is 0 Å². The second-order valence-electron chi connectivity index (χ2n) is 5.95. The predicted octanol–water partition coefficient (Wildman–Crippen LogP) is 1.67. The molecule has 3 aliphatic heterocycles. The number of likely N-dealkylation sites (tertiary alicyclic amines) is 1. The maximum atomic E-state index is 11.6. The van der Waals surface area contributed by atoms with E-state index in [2.05, 4.69) is 16.7 Å². The Morgan fingerprint density at radius 1 is 1.18 bits per heavy atom. The topological polar surface area (TPSA) is 23.6 Å². The number of rotatable bonds is 3. The van der Waals surface area contributed by atoms with Gasteiger partial charge in [-0.2, -0.15) is 0 Å². The first-order chi connectivity index (χ1) is 8.28. The van der Waals surface area contributed by atoms with Crippen molar-refractivity contribution in [1.82, 2.24) is 9.80 Å². The van der Waals surface area contributed by atoms with Gasteiger partial charge in [0.1, 0.15) is 5.78 Å². The molecule has 3 atom stereocenters. The molecule has 2 bridgehead atoms. The second-order valence-corrected chi connectivity index (χ2v) is 5.95. The fourth-order valence-electron chi connectivity index (χ4n) is 4.12. The van der Waals surface area contributed by atoms with E-state index in [1.807, 2.05) is 0 Å². The average Bonchev–Trinajstić information content (AvgIpc) is 2.84. The minimum absolute atomic E-state index is 0.507. The summed E-state index contributed by atoms with van der Waals surface area (Å²) in [5.41, 5.74) is 0. The van der Waals surface area contributed by atoms with E-state index in [0.717, 1.165) is 18.9 Å². The molecule has 0 N–H and O–H groups in total. The molecule has 3 rings (SSSR count). The van der Waals surface area contributed by atoms with Gasteiger partial charge in [0, 0.05) is 37.5 Å². The van der Waals surface area contributed by atoms with Crippen molar-refractivity contribution in [3.05, 3.63) is 0 Å². The molecule has 0 aromatic heterocycles. The van der Waals surface area contributed by atoms with Gasteiger partial charge in [0.15, 0.2) is 0 Å². The predicted molar refractivity (Wildman–Crippen MR) is 68.0 cm³/mol. The van der Waals surface area contributed by atoms with E-state index < -0.39 is 0 Å². The molecule has 3 nitrogen and oxygen atoms in total. The minimum Gasteiger partial charge on any atom is -0.300 e. The summed E-state index contributed by atoms with van der Waals surface area (Å²) in [6.07, 6.45) is 6.90. The Hall–Kier alpha value is -0.410. The summed E-state index contributed by atoms with van der Waals surface area (Å²) in [5, 5.41) is 0. The average molecular weight is 236 g/mol. The summed E-state index contributed by atoms with van der Waals surface area (Å²) in [7, 11) is 0. The fourth-order valence-corrected chi connectivity index (χ4v) is 4.12. The molecule has 3 unspecified atom stereocenters. The van der Waals surface area contributed by atoms with Crippen molar-refractivity contribution in [2.45, 2.75) is 63.6 Å².